The van der Waals surface area contributed by atoms with E-state index in [1.54, 1.807) is 12.1 Å². The molecule has 1 amide bonds. The van der Waals surface area contributed by atoms with E-state index in [0.717, 1.165) is 32.7 Å². The lowest BCUT2D eigenvalue weighted by Crippen LogP contribution is -2.48. The summed E-state index contributed by atoms with van der Waals surface area (Å²) in [5, 5.41) is 0.414. The molecule has 1 aliphatic heterocycles. The highest BCUT2D eigenvalue weighted by Crippen LogP contribution is 2.10. The van der Waals surface area contributed by atoms with E-state index in [9.17, 15) is 4.79 Å². The summed E-state index contributed by atoms with van der Waals surface area (Å²) in [6, 6.07) is 3.38. The molecule has 4 nitrogen and oxygen atoms in total. The molecule has 0 aromatic carbocycles. The van der Waals surface area contributed by atoms with E-state index < -0.39 is 0 Å². The van der Waals surface area contributed by atoms with Crippen molar-refractivity contribution in [3.8, 4) is 0 Å². The van der Waals surface area contributed by atoms with Crippen LogP contribution >= 0.6 is 11.6 Å². The summed E-state index contributed by atoms with van der Waals surface area (Å²) < 4.78 is 0. The van der Waals surface area contributed by atoms with Gasteiger partial charge in [-0.05, 0) is 18.7 Å². The molecule has 1 saturated heterocycles. The van der Waals surface area contributed by atoms with Crippen LogP contribution < -0.4 is 0 Å². The van der Waals surface area contributed by atoms with Crippen LogP contribution in [-0.2, 0) is 0 Å². The van der Waals surface area contributed by atoms with Gasteiger partial charge in [-0.25, -0.2) is 4.98 Å². The van der Waals surface area contributed by atoms with Gasteiger partial charge in [-0.3, -0.25) is 4.79 Å². The number of rotatable bonds is 2. The Balaban J connectivity index is 1.99. The normalized spacial score (nSPS) is 17.2. The predicted molar refractivity (Wildman–Crippen MR) is 67.3 cm³/mol. The monoisotopic (exact) mass is 253 g/mol. The summed E-state index contributed by atoms with van der Waals surface area (Å²) >= 11 is 5.70. The molecule has 2 rings (SSSR count). The predicted octanol–water partition coefficient (Wildman–Crippen LogP) is 1.51. The third-order valence-electron chi connectivity index (χ3n) is 3.08. The molecule has 0 unspecified atom stereocenters. The number of pyridine rings is 1. The number of carbonyl (C=O) groups excluding carboxylic acids is 1. The first-order chi connectivity index (χ1) is 8.20. The van der Waals surface area contributed by atoms with Crippen LogP contribution in [0.4, 0.5) is 0 Å². The van der Waals surface area contributed by atoms with Crippen molar-refractivity contribution in [2.24, 2.45) is 0 Å². The maximum Gasteiger partial charge on any atom is 0.255 e. The Morgan fingerprint density at radius 1 is 1.35 bits per heavy atom. The quantitative estimate of drug-likeness (QED) is 0.750. The lowest BCUT2D eigenvalue weighted by atomic mass is 10.2. The fourth-order valence-corrected chi connectivity index (χ4v) is 2.06. The number of nitrogens with zero attached hydrogens (tertiary/aromatic N) is 3. The molecule has 1 fully saturated rings. The summed E-state index contributed by atoms with van der Waals surface area (Å²) in [6.07, 6.45) is 1.54. The second kappa shape index (κ2) is 5.47. The van der Waals surface area contributed by atoms with Crippen LogP contribution in [0.5, 0.6) is 0 Å². The first-order valence-electron chi connectivity index (χ1n) is 5.84. The van der Waals surface area contributed by atoms with Crippen molar-refractivity contribution >= 4 is 17.5 Å². The van der Waals surface area contributed by atoms with Crippen LogP contribution in [0.25, 0.3) is 0 Å². The number of carbonyl (C=O) groups is 1. The van der Waals surface area contributed by atoms with Gasteiger partial charge in [-0.15, -0.1) is 0 Å². The molecule has 0 spiro atoms. The van der Waals surface area contributed by atoms with E-state index in [-0.39, 0.29) is 5.91 Å². The third kappa shape index (κ3) is 2.96. The van der Waals surface area contributed by atoms with Crippen LogP contribution in [0.2, 0.25) is 5.15 Å². The molecule has 92 valence electrons. The fraction of sp³-hybridized carbons (Fsp3) is 0.500. The van der Waals surface area contributed by atoms with E-state index in [0.29, 0.717) is 10.7 Å². The molecular weight excluding hydrogens is 238 g/mol. The van der Waals surface area contributed by atoms with E-state index in [1.807, 2.05) is 4.90 Å². The van der Waals surface area contributed by atoms with Crippen molar-refractivity contribution in [3.05, 3.63) is 29.0 Å². The van der Waals surface area contributed by atoms with Crippen LogP contribution in [-0.4, -0.2) is 53.4 Å². The van der Waals surface area contributed by atoms with Crippen molar-refractivity contribution in [2.45, 2.75) is 6.92 Å². The van der Waals surface area contributed by atoms with Gasteiger partial charge in [0.25, 0.3) is 5.91 Å². The SMILES string of the molecule is CCN1CCN(C(=O)c2ccc(Cl)nc2)CC1. The summed E-state index contributed by atoms with van der Waals surface area (Å²) in [4.78, 5) is 20.3. The first kappa shape index (κ1) is 12.3. The molecule has 17 heavy (non-hydrogen) atoms. The molecule has 0 N–H and O–H groups in total. The van der Waals surface area contributed by atoms with E-state index in [2.05, 4.69) is 16.8 Å². The van der Waals surface area contributed by atoms with Crippen LogP contribution in [0, 0.1) is 0 Å². The minimum Gasteiger partial charge on any atom is -0.336 e. The smallest absolute Gasteiger partial charge is 0.255 e. The van der Waals surface area contributed by atoms with Gasteiger partial charge in [0, 0.05) is 32.4 Å². The second-order valence-corrected chi connectivity index (χ2v) is 4.48. The zero-order valence-corrected chi connectivity index (χ0v) is 10.7. The Hall–Kier alpha value is -1.13. The highest BCUT2D eigenvalue weighted by Gasteiger charge is 2.21. The molecule has 1 aromatic heterocycles. The van der Waals surface area contributed by atoms with Crippen molar-refractivity contribution in [1.29, 1.82) is 0 Å². The van der Waals surface area contributed by atoms with Gasteiger partial charge < -0.3 is 9.80 Å². The number of hydrogen-bond acceptors (Lipinski definition) is 3. The molecule has 0 saturated carbocycles. The number of amides is 1. The van der Waals surface area contributed by atoms with Gasteiger partial charge in [-0.2, -0.15) is 0 Å². The zero-order valence-electron chi connectivity index (χ0n) is 9.90. The fourth-order valence-electron chi connectivity index (χ4n) is 1.95. The maximum atomic E-state index is 12.1. The molecule has 1 aliphatic rings. The molecule has 2 heterocycles. The summed E-state index contributed by atoms with van der Waals surface area (Å²) in [6.45, 7) is 6.66. The Morgan fingerprint density at radius 3 is 2.59 bits per heavy atom. The highest BCUT2D eigenvalue weighted by molar-refractivity contribution is 6.29. The minimum atomic E-state index is 0.0462. The van der Waals surface area contributed by atoms with E-state index in [4.69, 9.17) is 11.6 Å². The lowest BCUT2D eigenvalue weighted by molar-refractivity contribution is 0.0643. The summed E-state index contributed by atoms with van der Waals surface area (Å²) in [7, 11) is 0. The third-order valence-corrected chi connectivity index (χ3v) is 3.30. The number of likely N-dealkylation sites (N-methyl/N-ethyl adjacent to an activating group) is 1. The van der Waals surface area contributed by atoms with Gasteiger partial charge in [-0.1, -0.05) is 18.5 Å². The molecule has 0 radical (unpaired) electrons. The van der Waals surface area contributed by atoms with Crippen molar-refractivity contribution < 1.29 is 4.79 Å². The van der Waals surface area contributed by atoms with Gasteiger partial charge in [0.05, 0.1) is 5.56 Å². The Kier molecular flexibility index (Phi) is 3.97. The van der Waals surface area contributed by atoms with Crippen LogP contribution in [0.3, 0.4) is 0 Å². The topological polar surface area (TPSA) is 36.4 Å². The van der Waals surface area contributed by atoms with Gasteiger partial charge in [0.2, 0.25) is 0 Å². The van der Waals surface area contributed by atoms with Gasteiger partial charge in [0.15, 0.2) is 0 Å². The lowest BCUT2D eigenvalue weighted by Gasteiger charge is -2.34. The number of piperazine rings is 1. The number of aromatic nitrogens is 1. The van der Waals surface area contributed by atoms with Crippen molar-refractivity contribution in [1.82, 2.24) is 14.8 Å². The maximum absolute atomic E-state index is 12.1. The number of halogens is 1. The molecular formula is C12H16ClN3O. The van der Waals surface area contributed by atoms with Gasteiger partial charge >= 0.3 is 0 Å². The Morgan fingerprint density at radius 2 is 2.06 bits per heavy atom. The molecule has 0 atom stereocenters. The highest BCUT2D eigenvalue weighted by atomic mass is 35.5. The largest absolute Gasteiger partial charge is 0.336 e. The van der Waals surface area contributed by atoms with E-state index >= 15 is 0 Å². The second-order valence-electron chi connectivity index (χ2n) is 4.10. The van der Waals surface area contributed by atoms with Crippen LogP contribution in [0.1, 0.15) is 17.3 Å². The van der Waals surface area contributed by atoms with Crippen molar-refractivity contribution in [2.75, 3.05) is 32.7 Å². The first-order valence-corrected chi connectivity index (χ1v) is 6.21. The molecule has 1 aromatic rings. The Bertz CT molecular complexity index is 385. The average molecular weight is 254 g/mol. The molecule has 5 heteroatoms. The minimum absolute atomic E-state index is 0.0462. The molecule has 0 bridgehead atoms. The average Bonchev–Trinajstić information content (AvgIpc) is 2.39. The van der Waals surface area contributed by atoms with Gasteiger partial charge in [0.1, 0.15) is 5.15 Å². The van der Waals surface area contributed by atoms with E-state index in [1.165, 1.54) is 6.20 Å². The van der Waals surface area contributed by atoms with Crippen LogP contribution in [0.15, 0.2) is 18.3 Å². The van der Waals surface area contributed by atoms with Crippen molar-refractivity contribution in [3.63, 3.8) is 0 Å². The standard InChI is InChI=1S/C12H16ClN3O/c1-2-15-5-7-16(8-6-15)12(17)10-3-4-11(13)14-9-10/h3-4,9H,2,5-8H2,1H3. The molecule has 0 aliphatic carbocycles. The summed E-state index contributed by atoms with van der Waals surface area (Å²) in [5.41, 5.74) is 0.611. The summed E-state index contributed by atoms with van der Waals surface area (Å²) in [5.74, 6) is 0.0462. The number of hydrogen-bond donors (Lipinski definition) is 0. The Labute approximate surface area is 106 Å². The zero-order chi connectivity index (χ0) is 12.3.